The Kier molecular flexibility index (Phi) is 5.78. The Hall–Kier alpha value is -4.70. The molecule has 0 aliphatic heterocycles. The fourth-order valence-electron chi connectivity index (χ4n) is 4.39. The van der Waals surface area contributed by atoms with Crippen LogP contribution in [0.2, 0.25) is 0 Å². The van der Waals surface area contributed by atoms with Crippen LogP contribution >= 0.6 is 0 Å². The molecule has 6 heterocycles. The fourth-order valence-corrected chi connectivity index (χ4v) is 4.39. The lowest BCUT2D eigenvalue weighted by molar-refractivity contribution is 0.176. The monoisotopic (exact) mass is 491 g/mol. The third-order valence-electron chi connectivity index (χ3n) is 6.09. The molecule has 1 unspecified atom stereocenters. The van der Waals surface area contributed by atoms with Crippen molar-refractivity contribution in [3.05, 3.63) is 67.5 Å². The maximum atomic E-state index is 10.3. The van der Waals surface area contributed by atoms with Crippen molar-refractivity contribution < 1.29 is 5.11 Å². The molecular weight excluding hydrogens is 466 g/mol. The second-order valence-corrected chi connectivity index (χ2v) is 9.32. The molecular formula is C27H25N9O. The minimum atomic E-state index is -0.647. The summed E-state index contributed by atoms with van der Waals surface area (Å²) in [6.07, 6.45) is 10.5. The smallest absolute Gasteiger partial charge is 0.160 e. The highest BCUT2D eigenvalue weighted by Crippen LogP contribution is 2.32. The van der Waals surface area contributed by atoms with Crippen molar-refractivity contribution in [2.45, 2.75) is 26.5 Å². The Bertz CT molecular complexity index is 1690. The molecule has 0 aliphatic rings. The zero-order valence-corrected chi connectivity index (χ0v) is 20.3. The van der Waals surface area contributed by atoms with Crippen LogP contribution in [0.25, 0.3) is 56.0 Å². The summed E-state index contributed by atoms with van der Waals surface area (Å²) >= 11 is 0. The first-order valence-electron chi connectivity index (χ1n) is 12.0. The number of anilines is 1. The molecule has 37 heavy (non-hydrogen) atoms. The van der Waals surface area contributed by atoms with Crippen LogP contribution in [-0.4, -0.2) is 51.4 Å². The molecule has 4 N–H and O–H groups in total. The van der Waals surface area contributed by atoms with Crippen LogP contribution in [0.5, 0.6) is 0 Å². The van der Waals surface area contributed by atoms with Crippen molar-refractivity contribution in [2.75, 3.05) is 5.32 Å². The maximum Gasteiger partial charge on any atom is 0.160 e. The number of nitrogens with zero attached hydrogens (tertiary/aromatic N) is 6. The Balaban J connectivity index is 1.38. The summed E-state index contributed by atoms with van der Waals surface area (Å²) < 4.78 is 0. The number of aromatic nitrogens is 8. The summed E-state index contributed by atoms with van der Waals surface area (Å²) in [5.74, 6) is 0.976. The van der Waals surface area contributed by atoms with E-state index in [9.17, 15) is 5.11 Å². The van der Waals surface area contributed by atoms with Gasteiger partial charge in [0.25, 0.3) is 0 Å². The van der Waals surface area contributed by atoms with Gasteiger partial charge in [0, 0.05) is 46.9 Å². The number of aliphatic hydroxyl groups is 1. The highest BCUT2D eigenvalue weighted by Gasteiger charge is 2.17. The number of aromatic amines is 2. The predicted octanol–water partition coefficient (Wildman–Crippen LogP) is 4.80. The standard InChI is InChI=1S/C27H25N9O/c1-15(2)8-23(37)32-18-9-17(12-29-13-18)21-10-20-22(14-31-21)35-36-25(20)27-33-24-19(5-7-30-26(24)34-27)16-4-3-6-28-11-16/h3-7,9-15,23,32,37H,8H2,1-2H3,(H,35,36)(H,30,33,34). The normalized spacial score (nSPS) is 12.4. The summed E-state index contributed by atoms with van der Waals surface area (Å²) in [6.45, 7) is 4.14. The van der Waals surface area contributed by atoms with Gasteiger partial charge < -0.3 is 15.4 Å². The zero-order chi connectivity index (χ0) is 25.4. The first kappa shape index (κ1) is 22.7. The molecule has 0 aliphatic carbocycles. The summed E-state index contributed by atoms with van der Waals surface area (Å²) in [5, 5.41) is 21.8. The molecule has 10 nitrogen and oxygen atoms in total. The van der Waals surface area contributed by atoms with Crippen molar-refractivity contribution in [1.29, 1.82) is 0 Å². The van der Waals surface area contributed by atoms with E-state index in [1.54, 1.807) is 31.0 Å². The van der Waals surface area contributed by atoms with Crippen molar-refractivity contribution in [3.63, 3.8) is 0 Å². The Morgan fingerprint density at radius 3 is 2.70 bits per heavy atom. The number of H-pyrrole nitrogens is 2. The molecule has 0 saturated heterocycles. The lowest BCUT2D eigenvalue weighted by Gasteiger charge is -2.16. The lowest BCUT2D eigenvalue weighted by atomic mass is 10.1. The van der Waals surface area contributed by atoms with Gasteiger partial charge in [-0.3, -0.25) is 20.1 Å². The van der Waals surface area contributed by atoms with Crippen LogP contribution < -0.4 is 5.32 Å². The molecule has 0 spiro atoms. The van der Waals surface area contributed by atoms with E-state index in [2.05, 4.69) is 54.3 Å². The summed E-state index contributed by atoms with van der Waals surface area (Å²) in [5.41, 5.74) is 7.06. The Morgan fingerprint density at radius 1 is 0.973 bits per heavy atom. The Labute approximate surface area is 212 Å². The summed E-state index contributed by atoms with van der Waals surface area (Å²) in [7, 11) is 0. The molecule has 0 fully saturated rings. The van der Waals surface area contributed by atoms with Gasteiger partial charge in [0.15, 0.2) is 11.5 Å². The van der Waals surface area contributed by atoms with Gasteiger partial charge in [0.05, 0.1) is 29.3 Å². The number of hydrogen-bond donors (Lipinski definition) is 4. The van der Waals surface area contributed by atoms with E-state index in [-0.39, 0.29) is 0 Å². The first-order chi connectivity index (χ1) is 18.0. The molecule has 0 amide bonds. The van der Waals surface area contributed by atoms with Crippen molar-refractivity contribution in [1.82, 2.24) is 40.1 Å². The molecule has 0 radical (unpaired) electrons. The molecule has 1 atom stereocenters. The first-order valence-corrected chi connectivity index (χ1v) is 12.0. The third-order valence-corrected chi connectivity index (χ3v) is 6.09. The zero-order valence-electron chi connectivity index (χ0n) is 20.3. The number of aliphatic hydroxyl groups excluding tert-OH is 1. The molecule has 10 heteroatoms. The maximum absolute atomic E-state index is 10.3. The van der Waals surface area contributed by atoms with E-state index in [0.29, 0.717) is 29.5 Å². The van der Waals surface area contributed by atoms with Gasteiger partial charge in [0.1, 0.15) is 17.4 Å². The molecule has 6 aromatic rings. The van der Waals surface area contributed by atoms with Gasteiger partial charge in [-0.25, -0.2) is 9.97 Å². The van der Waals surface area contributed by atoms with Gasteiger partial charge in [-0.05, 0) is 36.6 Å². The lowest BCUT2D eigenvalue weighted by Crippen LogP contribution is -2.20. The summed E-state index contributed by atoms with van der Waals surface area (Å²) in [4.78, 5) is 25.8. The molecule has 0 aromatic carbocycles. The van der Waals surface area contributed by atoms with Crippen molar-refractivity contribution in [2.24, 2.45) is 5.92 Å². The van der Waals surface area contributed by atoms with E-state index >= 15 is 0 Å². The van der Waals surface area contributed by atoms with Crippen LogP contribution in [0.3, 0.4) is 0 Å². The largest absolute Gasteiger partial charge is 0.374 e. The third kappa shape index (κ3) is 4.50. The molecule has 184 valence electrons. The van der Waals surface area contributed by atoms with Gasteiger partial charge in [0.2, 0.25) is 0 Å². The number of fused-ring (bicyclic) bond motifs is 2. The molecule has 6 aromatic heterocycles. The number of nitrogens with one attached hydrogen (secondary N) is 3. The summed E-state index contributed by atoms with van der Waals surface area (Å²) in [6, 6.07) is 9.71. The van der Waals surface area contributed by atoms with E-state index in [1.807, 2.05) is 36.5 Å². The second kappa shape index (κ2) is 9.40. The van der Waals surface area contributed by atoms with Crippen LogP contribution in [0.4, 0.5) is 5.69 Å². The van der Waals surface area contributed by atoms with Gasteiger partial charge >= 0.3 is 0 Å². The molecule has 0 saturated carbocycles. The average Bonchev–Trinajstić information content (AvgIpc) is 3.52. The van der Waals surface area contributed by atoms with Crippen LogP contribution in [-0.2, 0) is 0 Å². The topological polar surface area (TPSA) is 141 Å². The number of pyridine rings is 4. The second-order valence-electron chi connectivity index (χ2n) is 9.32. The fraction of sp³-hybridized carbons (Fsp3) is 0.185. The molecule has 6 rings (SSSR count). The highest BCUT2D eigenvalue weighted by molar-refractivity contribution is 5.96. The van der Waals surface area contributed by atoms with Crippen LogP contribution in [0, 0.1) is 5.92 Å². The Morgan fingerprint density at radius 2 is 1.86 bits per heavy atom. The predicted molar refractivity (Wildman–Crippen MR) is 142 cm³/mol. The van der Waals surface area contributed by atoms with E-state index in [4.69, 9.17) is 4.98 Å². The van der Waals surface area contributed by atoms with Crippen LogP contribution in [0.1, 0.15) is 20.3 Å². The van der Waals surface area contributed by atoms with Gasteiger partial charge in [-0.2, -0.15) is 5.10 Å². The van der Waals surface area contributed by atoms with E-state index in [0.717, 1.165) is 44.5 Å². The quantitative estimate of drug-likeness (QED) is 0.233. The van der Waals surface area contributed by atoms with Crippen molar-refractivity contribution >= 4 is 27.8 Å². The minimum absolute atomic E-state index is 0.371. The SMILES string of the molecule is CC(C)CC(O)Nc1cncc(-c2cc3c(-c4nc5c(-c6cccnc6)ccnc5[nH]4)n[nH]c3cn2)c1. The van der Waals surface area contributed by atoms with Crippen LogP contribution in [0.15, 0.2) is 67.5 Å². The van der Waals surface area contributed by atoms with E-state index < -0.39 is 6.23 Å². The van der Waals surface area contributed by atoms with Crippen molar-refractivity contribution in [3.8, 4) is 33.9 Å². The average molecular weight is 492 g/mol. The minimum Gasteiger partial charge on any atom is -0.374 e. The van der Waals surface area contributed by atoms with Gasteiger partial charge in [-0.1, -0.05) is 19.9 Å². The van der Waals surface area contributed by atoms with E-state index in [1.165, 1.54) is 0 Å². The number of rotatable bonds is 7. The molecule has 0 bridgehead atoms. The number of imidazole rings is 1. The highest BCUT2D eigenvalue weighted by atomic mass is 16.3. The number of hydrogen-bond acceptors (Lipinski definition) is 8. The van der Waals surface area contributed by atoms with Gasteiger partial charge in [-0.15, -0.1) is 0 Å².